The maximum absolute atomic E-state index is 12.9. The van der Waals surface area contributed by atoms with Crippen LogP contribution in [-0.4, -0.2) is 76.1 Å². The predicted octanol–water partition coefficient (Wildman–Crippen LogP) is 3.55. The van der Waals surface area contributed by atoms with Gasteiger partial charge in [-0.1, -0.05) is 38.8 Å². The average molecular weight is 506 g/mol. The number of carbonyl (C=O) groups is 2. The Morgan fingerprint density at radius 2 is 1.78 bits per heavy atom. The molecular formula is C28H39N7O2. The minimum Gasteiger partial charge on any atom is -0.368 e. The van der Waals surface area contributed by atoms with Crippen LogP contribution in [0.5, 0.6) is 0 Å². The Balaban J connectivity index is 1.51. The Morgan fingerprint density at radius 3 is 2.41 bits per heavy atom. The number of aldehydes is 1. The lowest BCUT2D eigenvalue weighted by Crippen LogP contribution is -2.47. The number of rotatable bonds is 10. The van der Waals surface area contributed by atoms with Crippen molar-refractivity contribution in [2.75, 3.05) is 44.3 Å². The van der Waals surface area contributed by atoms with Crippen molar-refractivity contribution in [3.05, 3.63) is 52.8 Å². The van der Waals surface area contributed by atoms with Gasteiger partial charge in [-0.25, -0.2) is 4.98 Å². The van der Waals surface area contributed by atoms with Gasteiger partial charge in [0.1, 0.15) is 18.1 Å². The molecule has 3 N–H and O–H groups in total. The van der Waals surface area contributed by atoms with Crippen LogP contribution in [0, 0.1) is 0 Å². The first-order chi connectivity index (χ1) is 17.9. The van der Waals surface area contributed by atoms with Crippen molar-refractivity contribution in [2.45, 2.75) is 58.2 Å². The van der Waals surface area contributed by atoms with Crippen molar-refractivity contribution >= 4 is 30.0 Å². The number of fused-ring (bicyclic) bond motifs is 1. The number of amides is 1. The van der Waals surface area contributed by atoms with Crippen LogP contribution < -0.4 is 11.1 Å². The summed E-state index contributed by atoms with van der Waals surface area (Å²) in [4.78, 5) is 40.3. The first kappa shape index (κ1) is 26.6. The van der Waals surface area contributed by atoms with Crippen LogP contribution in [0.2, 0.25) is 0 Å². The number of benzene rings is 1. The minimum atomic E-state index is -0.543. The molecule has 198 valence electrons. The van der Waals surface area contributed by atoms with Crippen LogP contribution in [0.25, 0.3) is 6.08 Å². The number of anilines is 2. The fourth-order valence-corrected chi connectivity index (χ4v) is 5.09. The number of aromatic nitrogens is 2. The molecule has 4 rings (SSSR count). The van der Waals surface area contributed by atoms with Crippen LogP contribution in [0.3, 0.4) is 0 Å². The second-order valence-corrected chi connectivity index (χ2v) is 10.0. The van der Waals surface area contributed by atoms with E-state index in [0.717, 1.165) is 69.3 Å². The highest BCUT2D eigenvalue weighted by Crippen LogP contribution is 2.35. The van der Waals surface area contributed by atoms with Gasteiger partial charge < -0.3 is 30.5 Å². The monoisotopic (exact) mass is 505 g/mol. The Morgan fingerprint density at radius 1 is 1.11 bits per heavy atom. The minimum absolute atomic E-state index is 0.0661. The molecule has 0 saturated carbocycles. The molecule has 1 unspecified atom stereocenters. The number of nitrogen functional groups attached to an aromatic ring is 1. The lowest BCUT2D eigenvalue weighted by atomic mass is 9.99. The highest BCUT2D eigenvalue weighted by atomic mass is 16.2. The maximum atomic E-state index is 12.9. The molecule has 9 heteroatoms. The Bertz CT molecular complexity index is 1100. The number of nitrogens with one attached hydrogen (secondary N) is 1. The molecule has 37 heavy (non-hydrogen) atoms. The maximum Gasteiger partial charge on any atom is 0.253 e. The summed E-state index contributed by atoms with van der Waals surface area (Å²) in [6, 6.07) is 7.40. The molecule has 1 fully saturated rings. The third kappa shape index (κ3) is 6.28. The van der Waals surface area contributed by atoms with E-state index in [4.69, 9.17) is 5.73 Å². The molecular weight excluding hydrogens is 466 g/mol. The fraction of sp³-hybridized carbons (Fsp3) is 0.500. The molecule has 1 aromatic carbocycles. The third-order valence-electron chi connectivity index (χ3n) is 7.17. The van der Waals surface area contributed by atoms with E-state index in [0.29, 0.717) is 23.6 Å². The third-order valence-corrected chi connectivity index (χ3v) is 7.17. The molecule has 1 aromatic heterocycles. The van der Waals surface area contributed by atoms with Crippen LogP contribution >= 0.6 is 0 Å². The zero-order valence-electron chi connectivity index (χ0n) is 22.2. The van der Waals surface area contributed by atoms with Gasteiger partial charge >= 0.3 is 0 Å². The number of piperazine rings is 1. The molecule has 0 spiro atoms. The van der Waals surface area contributed by atoms with Crippen molar-refractivity contribution in [1.29, 1.82) is 0 Å². The van der Waals surface area contributed by atoms with Gasteiger partial charge in [-0.05, 0) is 43.7 Å². The number of hydrogen-bond acceptors (Lipinski definition) is 8. The molecule has 0 bridgehead atoms. The van der Waals surface area contributed by atoms with E-state index in [-0.39, 0.29) is 17.9 Å². The summed E-state index contributed by atoms with van der Waals surface area (Å²) in [5.41, 5.74) is 9.14. The van der Waals surface area contributed by atoms with E-state index in [1.165, 1.54) is 0 Å². The molecule has 2 aliphatic rings. The smallest absolute Gasteiger partial charge is 0.253 e. The van der Waals surface area contributed by atoms with Gasteiger partial charge in [0, 0.05) is 50.5 Å². The summed E-state index contributed by atoms with van der Waals surface area (Å²) in [7, 11) is 2.07. The number of nitrogens with two attached hydrogens (primary N) is 1. The van der Waals surface area contributed by atoms with Gasteiger partial charge in [-0.15, -0.1) is 0 Å². The summed E-state index contributed by atoms with van der Waals surface area (Å²) in [6.07, 6.45) is 8.84. The summed E-state index contributed by atoms with van der Waals surface area (Å²) in [6.45, 7) is 8.12. The van der Waals surface area contributed by atoms with Crippen LogP contribution in [0.4, 0.5) is 11.8 Å². The van der Waals surface area contributed by atoms with E-state index >= 15 is 0 Å². The fourth-order valence-electron chi connectivity index (χ4n) is 5.09. The quantitative estimate of drug-likeness (QED) is 0.472. The van der Waals surface area contributed by atoms with Crippen molar-refractivity contribution in [2.24, 2.45) is 0 Å². The van der Waals surface area contributed by atoms with E-state index in [9.17, 15) is 9.59 Å². The molecule has 9 nitrogen and oxygen atoms in total. The highest BCUT2D eigenvalue weighted by molar-refractivity contribution is 5.94. The first-order valence-corrected chi connectivity index (χ1v) is 13.3. The molecule has 2 aliphatic heterocycles. The molecule has 1 atom stereocenters. The molecule has 2 aromatic rings. The summed E-state index contributed by atoms with van der Waals surface area (Å²) in [5.74, 6) is 0.890. The standard InChI is InChI=1S/C28H39N7O2/c1-4-6-22(7-5-2)30-26-25-23(31-28(29)32-26)12-13-35(24(25)19-36)18-20-8-10-21(11-9-20)27(37)34-16-14-33(3)15-17-34/h8-13,19,22,24H,4-7,14-18H2,1-3H3,(H3,29,30,31,32). The van der Waals surface area contributed by atoms with Gasteiger partial charge in [-0.2, -0.15) is 4.98 Å². The largest absolute Gasteiger partial charge is 0.368 e. The number of nitrogens with zero attached hydrogens (tertiary/aromatic N) is 5. The second-order valence-electron chi connectivity index (χ2n) is 10.0. The molecule has 0 radical (unpaired) electrons. The summed E-state index contributed by atoms with van der Waals surface area (Å²) in [5, 5.41) is 3.56. The second kappa shape index (κ2) is 12.2. The summed E-state index contributed by atoms with van der Waals surface area (Å²) >= 11 is 0. The lowest BCUT2D eigenvalue weighted by Gasteiger charge is -2.33. The van der Waals surface area contributed by atoms with Crippen molar-refractivity contribution in [3.63, 3.8) is 0 Å². The van der Waals surface area contributed by atoms with Crippen molar-refractivity contribution in [3.8, 4) is 0 Å². The van der Waals surface area contributed by atoms with E-state index in [2.05, 4.69) is 41.1 Å². The van der Waals surface area contributed by atoms with E-state index in [1.54, 1.807) is 0 Å². The van der Waals surface area contributed by atoms with Crippen LogP contribution in [0.15, 0.2) is 30.5 Å². The number of hydrogen-bond donors (Lipinski definition) is 2. The highest BCUT2D eigenvalue weighted by Gasteiger charge is 2.29. The molecule has 0 aliphatic carbocycles. The summed E-state index contributed by atoms with van der Waals surface area (Å²) < 4.78 is 0. The SMILES string of the molecule is CCCC(CCC)Nc1nc(N)nc2c1C(C=O)N(Cc1ccc(C(=O)N3CCN(C)CC3)cc1)C=C2. The van der Waals surface area contributed by atoms with Gasteiger partial charge in [-0.3, -0.25) is 4.79 Å². The topological polar surface area (TPSA) is 108 Å². The van der Waals surface area contributed by atoms with Gasteiger partial charge in [0.15, 0.2) is 0 Å². The Hall–Kier alpha value is -3.46. The normalized spacial score (nSPS) is 17.7. The zero-order valence-corrected chi connectivity index (χ0v) is 22.2. The lowest BCUT2D eigenvalue weighted by molar-refractivity contribution is -0.112. The van der Waals surface area contributed by atoms with Gasteiger partial charge in [0.05, 0.1) is 11.3 Å². The number of carbonyl (C=O) groups excluding carboxylic acids is 2. The van der Waals surface area contributed by atoms with E-state index in [1.807, 2.05) is 46.3 Å². The van der Waals surface area contributed by atoms with Crippen LogP contribution in [-0.2, 0) is 11.3 Å². The molecule has 3 heterocycles. The predicted molar refractivity (Wildman–Crippen MR) is 147 cm³/mol. The van der Waals surface area contributed by atoms with Gasteiger partial charge in [0.25, 0.3) is 5.91 Å². The number of likely N-dealkylation sites (N-methyl/N-ethyl adjacent to an activating group) is 1. The van der Waals surface area contributed by atoms with Crippen LogP contribution in [0.1, 0.15) is 72.8 Å². The molecule has 1 saturated heterocycles. The Labute approximate surface area is 219 Å². The first-order valence-electron chi connectivity index (χ1n) is 13.3. The Kier molecular flexibility index (Phi) is 8.76. The average Bonchev–Trinajstić information content (AvgIpc) is 2.89. The zero-order chi connectivity index (χ0) is 26.4. The van der Waals surface area contributed by atoms with Gasteiger partial charge in [0.2, 0.25) is 5.95 Å². The van der Waals surface area contributed by atoms with E-state index < -0.39 is 6.04 Å². The van der Waals surface area contributed by atoms with Crippen molar-refractivity contribution in [1.82, 2.24) is 24.7 Å². The molecule has 1 amide bonds. The van der Waals surface area contributed by atoms with Crippen molar-refractivity contribution < 1.29 is 9.59 Å².